The van der Waals surface area contributed by atoms with Gasteiger partial charge in [0.1, 0.15) is 0 Å². The quantitative estimate of drug-likeness (QED) is 0.391. The zero-order chi connectivity index (χ0) is 3.70. The van der Waals surface area contributed by atoms with Crippen molar-refractivity contribution in [2.75, 3.05) is 6.54 Å². The minimum atomic E-state index is 0.940. The van der Waals surface area contributed by atoms with E-state index in [1.807, 2.05) is 0 Å². The molecule has 1 aliphatic heterocycles. The van der Waals surface area contributed by atoms with Crippen LogP contribution in [-0.2, 0) is 0 Å². The van der Waals surface area contributed by atoms with Gasteiger partial charge in [0.15, 0.2) is 0 Å². The van der Waals surface area contributed by atoms with Gasteiger partial charge in [0.25, 0.3) is 0 Å². The molecular weight excluding hydrogens is 62.1 g/mol. The fourth-order valence-electron chi connectivity index (χ4n) is 0.500. The monoisotopic (exact) mass is 72.1 g/mol. The molecule has 30 valence electrons. The van der Waals surface area contributed by atoms with Crippen molar-refractivity contribution in [2.45, 2.75) is 19.4 Å². The maximum absolute atomic E-state index is 2.35. The zero-order valence-corrected chi connectivity index (χ0v) is 3.57. The predicted octanol–water partition coefficient (Wildman–Crippen LogP) is -0.658. The molecule has 1 rings (SSSR count). The first-order valence-electron chi connectivity index (χ1n) is 2.23. The van der Waals surface area contributed by atoms with Crippen molar-refractivity contribution in [1.82, 2.24) is 0 Å². The van der Waals surface area contributed by atoms with Crippen molar-refractivity contribution in [2.24, 2.45) is 0 Å². The lowest BCUT2D eigenvalue weighted by Crippen LogP contribution is -2.97. The fourth-order valence-corrected chi connectivity index (χ4v) is 0.500. The summed E-state index contributed by atoms with van der Waals surface area (Å²) in [6.07, 6.45) is 1.43. The van der Waals surface area contributed by atoms with Gasteiger partial charge in [-0.05, 0) is 6.92 Å². The van der Waals surface area contributed by atoms with E-state index in [0.717, 1.165) is 6.04 Å². The molecule has 1 atom stereocenters. The molecule has 1 nitrogen and oxygen atoms in total. The molecule has 0 saturated carbocycles. The molecule has 1 heteroatoms. The Morgan fingerprint density at radius 3 is 2.20 bits per heavy atom. The lowest BCUT2D eigenvalue weighted by Gasteiger charge is -2.17. The highest BCUT2D eigenvalue weighted by Crippen LogP contribution is 1.84. The van der Waals surface area contributed by atoms with Gasteiger partial charge in [-0.2, -0.15) is 0 Å². The number of quaternary nitrogens is 1. The Balaban J connectivity index is 2.08. The Labute approximate surface area is 32.4 Å². The highest BCUT2D eigenvalue weighted by atomic mass is 15.0. The van der Waals surface area contributed by atoms with Crippen molar-refractivity contribution < 1.29 is 5.32 Å². The number of rotatable bonds is 0. The van der Waals surface area contributed by atoms with Crippen LogP contribution in [0.15, 0.2) is 0 Å². The second-order valence-corrected chi connectivity index (χ2v) is 1.79. The summed E-state index contributed by atoms with van der Waals surface area (Å²) in [6, 6.07) is 0.940. The second kappa shape index (κ2) is 0.977. The fraction of sp³-hybridized carbons (Fsp3) is 1.00. The first-order valence-corrected chi connectivity index (χ1v) is 2.23. The van der Waals surface area contributed by atoms with E-state index < -0.39 is 0 Å². The molecule has 0 bridgehead atoms. The topological polar surface area (TPSA) is 16.6 Å². The Morgan fingerprint density at radius 1 is 1.80 bits per heavy atom. The van der Waals surface area contributed by atoms with Crippen molar-refractivity contribution >= 4 is 0 Å². The van der Waals surface area contributed by atoms with Gasteiger partial charge >= 0.3 is 0 Å². The standard InChI is InChI=1S/C4H9N/c1-4-2-3-5-4/h4-5H,2-3H2,1H3/p+1/t4-/m0/s1. The number of hydrogen-bond acceptors (Lipinski definition) is 0. The van der Waals surface area contributed by atoms with Crippen LogP contribution < -0.4 is 5.32 Å². The van der Waals surface area contributed by atoms with Crippen molar-refractivity contribution in [3.05, 3.63) is 0 Å². The third-order valence-corrected chi connectivity index (χ3v) is 1.19. The van der Waals surface area contributed by atoms with Gasteiger partial charge in [-0.3, -0.25) is 0 Å². The molecular formula is C4H10N+. The summed E-state index contributed by atoms with van der Waals surface area (Å²) >= 11 is 0. The van der Waals surface area contributed by atoms with Gasteiger partial charge in [0.05, 0.1) is 12.6 Å². The van der Waals surface area contributed by atoms with Gasteiger partial charge in [0, 0.05) is 6.42 Å². The van der Waals surface area contributed by atoms with E-state index in [2.05, 4.69) is 12.2 Å². The third-order valence-electron chi connectivity index (χ3n) is 1.19. The van der Waals surface area contributed by atoms with Crippen LogP contribution in [0.3, 0.4) is 0 Å². The summed E-state index contributed by atoms with van der Waals surface area (Å²) < 4.78 is 0. The first kappa shape index (κ1) is 3.16. The van der Waals surface area contributed by atoms with Crippen LogP contribution in [0.2, 0.25) is 0 Å². The van der Waals surface area contributed by atoms with Crippen LogP contribution >= 0.6 is 0 Å². The van der Waals surface area contributed by atoms with Crippen LogP contribution in [0.25, 0.3) is 0 Å². The minimum Gasteiger partial charge on any atom is -0.344 e. The lowest BCUT2D eigenvalue weighted by molar-refractivity contribution is -0.739. The molecule has 0 aliphatic carbocycles. The molecule has 0 amide bonds. The van der Waals surface area contributed by atoms with E-state index in [4.69, 9.17) is 0 Å². The summed E-state index contributed by atoms with van der Waals surface area (Å²) in [5, 5.41) is 2.35. The van der Waals surface area contributed by atoms with Crippen LogP contribution in [-0.4, -0.2) is 12.6 Å². The summed E-state index contributed by atoms with van der Waals surface area (Å²) in [4.78, 5) is 0. The Bertz CT molecular complexity index is 30.6. The van der Waals surface area contributed by atoms with Gasteiger partial charge in [0.2, 0.25) is 0 Å². The van der Waals surface area contributed by atoms with Gasteiger partial charge in [-0.1, -0.05) is 0 Å². The van der Waals surface area contributed by atoms with Crippen LogP contribution in [0.4, 0.5) is 0 Å². The highest BCUT2D eigenvalue weighted by molar-refractivity contribution is 4.49. The summed E-state index contributed by atoms with van der Waals surface area (Å²) in [6.45, 7) is 3.62. The van der Waals surface area contributed by atoms with Crippen molar-refractivity contribution in [1.29, 1.82) is 0 Å². The molecule has 0 radical (unpaired) electrons. The average molecular weight is 72.1 g/mol. The summed E-state index contributed by atoms with van der Waals surface area (Å²) in [5.74, 6) is 0. The molecule has 0 aromatic carbocycles. The summed E-state index contributed by atoms with van der Waals surface area (Å²) in [5.41, 5.74) is 0. The molecule has 1 saturated heterocycles. The number of hydrogen-bond donors (Lipinski definition) is 1. The average Bonchev–Trinajstić information content (AvgIpc) is 1.30. The molecule has 1 fully saturated rings. The van der Waals surface area contributed by atoms with Gasteiger partial charge in [-0.25, -0.2) is 0 Å². The maximum atomic E-state index is 2.35. The molecule has 0 unspecified atom stereocenters. The predicted molar refractivity (Wildman–Crippen MR) is 20.9 cm³/mol. The van der Waals surface area contributed by atoms with Crippen molar-refractivity contribution in [3.8, 4) is 0 Å². The van der Waals surface area contributed by atoms with E-state index >= 15 is 0 Å². The smallest absolute Gasteiger partial charge is 0.0884 e. The largest absolute Gasteiger partial charge is 0.344 e. The van der Waals surface area contributed by atoms with E-state index in [1.165, 1.54) is 13.0 Å². The zero-order valence-electron chi connectivity index (χ0n) is 3.57. The molecule has 0 aromatic rings. The minimum absolute atomic E-state index is 0.940. The van der Waals surface area contributed by atoms with E-state index in [0.29, 0.717) is 0 Å². The first-order chi connectivity index (χ1) is 2.39. The Kier molecular flexibility index (Phi) is 0.618. The molecule has 0 aromatic heterocycles. The molecule has 0 spiro atoms. The van der Waals surface area contributed by atoms with E-state index in [-0.39, 0.29) is 0 Å². The van der Waals surface area contributed by atoms with Crippen LogP contribution in [0, 0.1) is 0 Å². The molecule has 2 N–H and O–H groups in total. The Hall–Kier alpha value is -0.0400. The van der Waals surface area contributed by atoms with Gasteiger partial charge in [-0.15, -0.1) is 0 Å². The maximum Gasteiger partial charge on any atom is 0.0884 e. The van der Waals surface area contributed by atoms with E-state index in [9.17, 15) is 0 Å². The van der Waals surface area contributed by atoms with Crippen molar-refractivity contribution in [3.63, 3.8) is 0 Å². The summed E-state index contributed by atoms with van der Waals surface area (Å²) in [7, 11) is 0. The molecule has 1 heterocycles. The highest BCUT2D eigenvalue weighted by Gasteiger charge is 2.13. The van der Waals surface area contributed by atoms with Gasteiger partial charge < -0.3 is 5.32 Å². The normalized spacial score (nSPS) is 36.6. The lowest BCUT2D eigenvalue weighted by atomic mass is 10.1. The molecule has 5 heavy (non-hydrogen) atoms. The van der Waals surface area contributed by atoms with Crippen LogP contribution in [0.5, 0.6) is 0 Å². The van der Waals surface area contributed by atoms with Crippen LogP contribution in [0.1, 0.15) is 13.3 Å². The van der Waals surface area contributed by atoms with E-state index in [1.54, 1.807) is 0 Å². The SMILES string of the molecule is C[C@H]1CC[NH2+]1. The third kappa shape index (κ3) is 0.428. The second-order valence-electron chi connectivity index (χ2n) is 1.79. The number of nitrogens with two attached hydrogens (primary N) is 1. The Morgan fingerprint density at radius 2 is 2.20 bits per heavy atom. The molecule has 1 aliphatic rings.